The van der Waals surface area contributed by atoms with Gasteiger partial charge in [0.1, 0.15) is 0 Å². The third kappa shape index (κ3) is 3.95. The van der Waals surface area contributed by atoms with E-state index in [2.05, 4.69) is 4.98 Å². The molecule has 0 bridgehead atoms. The topological polar surface area (TPSA) is 33.1 Å². The lowest BCUT2D eigenvalue weighted by Crippen LogP contribution is -2.10. The SMILES string of the molecule is CCCCC(CC)C(O)c1cnc(C(F)(F)F)s1. The number of aliphatic hydroxyl groups is 1. The third-order valence-corrected chi connectivity index (χ3v) is 4.07. The van der Waals surface area contributed by atoms with Crippen LogP contribution in [-0.2, 0) is 6.18 Å². The molecule has 1 N–H and O–H groups in total. The number of rotatable bonds is 6. The van der Waals surface area contributed by atoms with Gasteiger partial charge in [-0.15, -0.1) is 11.3 Å². The van der Waals surface area contributed by atoms with E-state index < -0.39 is 17.3 Å². The van der Waals surface area contributed by atoms with E-state index in [-0.39, 0.29) is 5.92 Å². The van der Waals surface area contributed by atoms with E-state index in [1.165, 1.54) is 0 Å². The van der Waals surface area contributed by atoms with Crippen LogP contribution < -0.4 is 0 Å². The quantitative estimate of drug-likeness (QED) is 0.837. The molecule has 1 rings (SSSR count). The summed E-state index contributed by atoms with van der Waals surface area (Å²) in [5, 5.41) is 9.20. The molecular weight excluding hydrogens is 263 g/mol. The average Bonchev–Trinajstić information content (AvgIpc) is 2.78. The summed E-state index contributed by atoms with van der Waals surface area (Å²) in [4.78, 5) is 3.65. The molecule has 0 aliphatic rings. The van der Waals surface area contributed by atoms with Crippen molar-refractivity contribution >= 4 is 11.3 Å². The molecule has 1 aromatic heterocycles. The molecule has 1 aromatic rings. The van der Waals surface area contributed by atoms with E-state index in [4.69, 9.17) is 0 Å². The van der Waals surface area contributed by atoms with Gasteiger partial charge in [-0.3, -0.25) is 0 Å². The summed E-state index contributed by atoms with van der Waals surface area (Å²) in [6.45, 7) is 3.99. The molecule has 0 radical (unpaired) electrons. The molecule has 6 heteroatoms. The van der Waals surface area contributed by atoms with Crippen molar-refractivity contribution in [2.45, 2.75) is 51.8 Å². The zero-order valence-corrected chi connectivity index (χ0v) is 11.3. The van der Waals surface area contributed by atoms with Crippen molar-refractivity contribution in [1.82, 2.24) is 4.98 Å². The highest BCUT2D eigenvalue weighted by atomic mass is 32.1. The summed E-state index contributed by atoms with van der Waals surface area (Å²) in [7, 11) is 0. The second-order valence-electron chi connectivity index (χ2n) is 4.32. The van der Waals surface area contributed by atoms with Crippen LogP contribution in [0.4, 0.5) is 13.2 Å². The minimum atomic E-state index is -4.42. The summed E-state index contributed by atoms with van der Waals surface area (Å²) in [5.74, 6) is 0.00600. The summed E-state index contributed by atoms with van der Waals surface area (Å²) >= 11 is 0.539. The molecule has 0 saturated heterocycles. The lowest BCUT2D eigenvalue weighted by atomic mass is 9.93. The van der Waals surface area contributed by atoms with E-state index >= 15 is 0 Å². The first-order chi connectivity index (χ1) is 8.40. The maximum Gasteiger partial charge on any atom is 0.443 e. The van der Waals surface area contributed by atoms with Crippen molar-refractivity contribution in [1.29, 1.82) is 0 Å². The van der Waals surface area contributed by atoms with Crippen molar-refractivity contribution in [3.05, 3.63) is 16.1 Å². The molecular formula is C12H18F3NOS. The standard InChI is InChI=1S/C12H18F3NOS/c1-3-5-6-8(4-2)10(17)9-7-16-11(18-9)12(13,14)15/h7-8,10,17H,3-6H2,1-2H3. The van der Waals surface area contributed by atoms with Crippen molar-refractivity contribution in [3.63, 3.8) is 0 Å². The van der Waals surface area contributed by atoms with E-state index in [0.29, 0.717) is 16.2 Å². The van der Waals surface area contributed by atoms with Crippen LogP contribution >= 0.6 is 11.3 Å². The molecule has 0 aliphatic heterocycles. The third-order valence-electron chi connectivity index (χ3n) is 2.96. The molecule has 0 fully saturated rings. The molecule has 0 aromatic carbocycles. The van der Waals surface area contributed by atoms with Crippen molar-refractivity contribution in [2.75, 3.05) is 0 Å². The first-order valence-corrected chi connectivity index (χ1v) is 6.92. The minimum Gasteiger partial charge on any atom is -0.387 e. The van der Waals surface area contributed by atoms with E-state index in [1.807, 2.05) is 13.8 Å². The normalized spacial score (nSPS) is 15.7. The highest BCUT2D eigenvalue weighted by molar-refractivity contribution is 7.11. The Hall–Kier alpha value is -0.620. The molecule has 2 unspecified atom stereocenters. The van der Waals surface area contributed by atoms with Gasteiger partial charge >= 0.3 is 6.18 Å². The van der Waals surface area contributed by atoms with Crippen LogP contribution in [0.5, 0.6) is 0 Å². The Labute approximate surface area is 109 Å². The average molecular weight is 281 g/mol. The Morgan fingerprint density at radius 3 is 2.50 bits per heavy atom. The van der Waals surface area contributed by atoms with Crippen LogP contribution in [0.3, 0.4) is 0 Å². The zero-order valence-electron chi connectivity index (χ0n) is 10.5. The number of alkyl halides is 3. The molecule has 104 valence electrons. The smallest absolute Gasteiger partial charge is 0.387 e. The van der Waals surface area contributed by atoms with Gasteiger partial charge < -0.3 is 5.11 Å². The molecule has 2 atom stereocenters. The summed E-state index contributed by atoms with van der Waals surface area (Å²) in [6, 6.07) is 0. The fraction of sp³-hybridized carbons (Fsp3) is 0.750. The van der Waals surface area contributed by atoms with Gasteiger partial charge in [0.2, 0.25) is 0 Å². The molecule has 18 heavy (non-hydrogen) atoms. The molecule has 2 nitrogen and oxygen atoms in total. The summed E-state index contributed by atoms with van der Waals surface area (Å²) < 4.78 is 37.2. The predicted molar refractivity (Wildman–Crippen MR) is 65.4 cm³/mol. The largest absolute Gasteiger partial charge is 0.443 e. The maximum atomic E-state index is 12.4. The highest BCUT2D eigenvalue weighted by Crippen LogP contribution is 2.37. The van der Waals surface area contributed by atoms with Gasteiger partial charge in [0.05, 0.1) is 11.0 Å². The van der Waals surface area contributed by atoms with Crippen LogP contribution in [0.1, 0.15) is 55.5 Å². The van der Waals surface area contributed by atoms with Crippen molar-refractivity contribution in [2.24, 2.45) is 5.92 Å². The number of hydrogen-bond acceptors (Lipinski definition) is 3. The number of unbranched alkanes of at least 4 members (excludes halogenated alkanes) is 1. The number of halogens is 3. The van der Waals surface area contributed by atoms with E-state index in [9.17, 15) is 18.3 Å². The molecule has 0 spiro atoms. The van der Waals surface area contributed by atoms with Gasteiger partial charge in [0.15, 0.2) is 5.01 Å². The Balaban J connectivity index is 2.76. The van der Waals surface area contributed by atoms with Crippen LogP contribution in [-0.4, -0.2) is 10.1 Å². The monoisotopic (exact) mass is 281 g/mol. The fourth-order valence-electron chi connectivity index (χ4n) is 1.84. The van der Waals surface area contributed by atoms with Crippen LogP contribution in [0, 0.1) is 5.92 Å². The Bertz CT molecular complexity index is 364. The number of aromatic nitrogens is 1. The van der Waals surface area contributed by atoms with Gasteiger partial charge in [-0.1, -0.05) is 33.1 Å². The number of hydrogen-bond donors (Lipinski definition) is 1. The Morgan fingerprint density at radius 1 is 1.39 bits per heavy atom. The van der Waals surface area contributed by atoms with Gasteiger partial charge in [-0.2, -0.15) is 13.2 Å². The van der Waals surface area contributed by atoms with E-state index in [0.717, 1.165) is 31.9 Å². The van der Waals surface area contributed by atoms with Crippen LogP contribution in [0.15, 0.2) is 6.20 Å². The summed E-state index contributed by atoms with van der Waals surface area (Å²) in [6.07, 6.45) is -0.552. The maximum absolute atomic E-state index is 12.4. The Morgan fingerprint density at radius 2 is 2.06 bits per heavy atom. The zero-order chi connectivity index (χ0) is 13.8. The first kappa shape index (κ1) is 15.4. The van der Waals surface area contributed by atoms with Crippen LogP contribution in [0.25, 0.3) is 0 Å². The highest BCUT2D eigenvalue weighted by Gasteiger charge is 2.35. The molecule has 1 heterocycles. The lowest BCUT2D eigenvalue weighted by molar-refractivity contribution is -0.137. The number of thiazole rings is 1. The number of nitrogens with zero attached hydrogens (tertiary/aromatic N) is 1. The van der Waals surface area contributed by atoms with Gasteiger partial charge in [0.25, 0.3) is 0 Å². The molecule has 0 amide bonds. The fourth-order valence-corrected chi connectivity index (χ4v) is 2.70. The second kappa shape index (κ2) is 6.52. The first-order valence-electron chi connectivity index (χ1n) is 6.11. The summed E-state index contributed by atoms with van der Waals surface area (Å²) in [5.41, 5.74) is 0. The van der Waals surface area contributed by atoms with Gasteiger partial charge in [0, 0.05) is 6.20 Å². The van der Waals surface area contributed by atoms with Gasteiger partial charge in [-0.25, -0.2) is 4.98 Å². The van der Waals surface area contributed by atoms with Crippen LogP contribution in [0.2, 0.25) is 0 Å². The minimum absolute atomic E-state index is 0.00600. The molecule has 0 aliphatic carbocycles. The van der Waals surface area contributed by atoms with Gasteiger partial charge in [-0.05, 0) is 12.3 Å². The number of aliphatic hydroxyl groups excluding tert-OH is 1. The van der Waals surface area contributed by atoms with Crippen molar-refractivity contribution in [3.8, 4) is 0 Å². The van der Waals surface area contributed by atoms with Crippen molar-refractivity contribution < 1.29 is 18.3 Å². The lowest BCUT2D eigenvalue weighted by Gasteiger charge is -2.19. The second-order valence-corrected chi connectivity index (χ2v) is 5.38. The Kier molecular flexibility index (Phi) is 5.59. The van der Waals surface area contributed by atoms with E-state index in [1.54, 1.807) is 0 Å². The molecule has 0 saturated carbocycles. The predicted octanol–water partition coefficient (Wildman–Crippen LogP) is 4.41.